The summed E-state index contributed by atoms with van der Waals surface area (Å²) in [7, 11) is 0. The molecule has 5 rings (SSSR count). The first-order valence-corrected chi connectivity index (χ1v) is 14.8. The van der Waals surface area contributed by atoms with Crippen molar-refractivity contribution in [2.75, 3.05) is 57.3 Å². The fourth-order valence-corrected chi connectivity index (χ4v) is 6.07. The molecule has 5 heterocycles. The number of piperidine rings is 1. The lowest BCUT2D eigenvalue weighted by Crippen LogP contribution is -2.58. The molecular formula is C31H42N8O2. The van der Waals surface area contributed by atoms with Crippen molar-refractivity contribution in [2.24, 2.45) is 11.3 Å². The third-order valence-corrected chi connectivity index (χ3v) is 8.25. The Labute approximate surface area is 242 Å². The van der Waals surface area contributed by atoms with Crippen molar-refractivity contribution in [3.63, 3.8) is 0 Å². The summed E-state index contributed by atoms with van der Waals surface area (Å²) in [5.41, 5.74) is 2.60. The molecule has 10 nitrogen and oxygen atoms in total. The van der Waals surface area contributed by atoms with Gasteiger partial charge >= 0.3 is 0 Å². The number of nitrogens with one attached hydrogen (secondary N) is 2. The van der Waals surface area contributed by atoms with Crippen molar-refractivity contribution in [3.05, 3.63) is 42.4 Å². The van der Waals surface area contributed by atoms with Crippen molar-refractivity contribution in [2.45, 2.75) is 46.6 Å². The SMILES string of the molecule is CCOc1cc(-c2ccc(N3CCC(CN4CCN[C@H](C)C4)(C(=O)NCC(C)C)CC3)nc2)c2c(C#N)cnn2c1. The summed E-state index contributed by atoms with van der Waals surface area (Å²) in [4.78, 5) is 23.2. The van der Waals surface area contributed by atoms with Gasteiger partial charge in [0.1, 0.15) is 17.6 Å². The van der Waals surface area contributed by atoms with Crippen molar-refractivity contribution in [1.82, 2.24) is 30.1 Å². The third kappa shape index (κ3) is 6.31. The first kappa shape index (κ1) is 28.8. The summed E-state index contributed by atoms with van der Waals surface area (Å²) in [5.74, 6) is 2.19. The highest BCUT2D eigenvalue weighted by atomic mass is 16.5. The van der Waals surface area contributed by atoms with Gasteiger partial charge < -0.3 is 20.3 Å². The Kier molecular flexibility index (Phi) is 8.76. The highest BCUT2D eigenvalue weighted by molar-refractivity contribution is 5.85. The normalized spacial score (nSPS) is 19.3. The molecule has 2 aliphatic heterocycles. The number of hydrogen-bond acceptors (Lipinski definition) is 8. The van der Waals surface area contributed by atoms with E-state index in [1.54, 1.807) is 16.9 Å². The zero-order chi connectivity index (χ0) is 29.0. The second kappa shape index (κ2) is 12.5. The zero-order valence-corrected chi connectivity index (χ0v) is 24.7. The number of piperazine rings is 1. The molecule has 2 fully saturated rings. The molecule has 218 valence electrons. The maximum absolute atomic E-state index is 13.6. The smallest absolute Gasteiger partial charge is 0.227 e. The molecule has 0 aromatic carbocycles. The van der Waals surface area contributed by atoms with Gasteiger partial charge in [-0.25, -0.2) is 9.50 Å². The average molecular weight is 559 g/mol. The van der Waals surface area contributed by atoms with E-state index >= 15 is 0 Å². The van der Waals surface area contributed by atoms with Crippen LogP contribution in [-0.4, -0.2) is 83.9 Å². The minimum absolute atomic E-state index is 0.188. The van der Waals surface area contributed by atoms with Crippen LogP contribution in [0, 0.1) is 22.7 Å². The van der Waals surface area contributed by atoms with Gasteiger partial charge in [0.2, 0.25) is 5.91 Å². The first-order valence-electron chi connectivity index (χ1n) is 14.8. The zero-order valence-electron chi connectivity index (χ0n) is 24.7. The fraction of sp³-hybridized carbons (Fsp3) is 0.548. The van der Waals surface area contributed by atoms with E-state index in [0.29, 0.717) is 36.4 Å². The lowest BCUT2D eigenvalue weighted by molar-refractivity contribution is -0.134. The standard InChI is InChI=1S/C31H42N8O2/c1-5-41-26-14-27(29-25(15-32)18-36-39(29)20-26)24-6-7-28(34-17-24)38-11-8-31(9-12-38,30(40)35-16-22(2)3)21-37-13-10-33-23(4)19-37/h6-7,14,17-18,20,22-23,33H,5,8-13,16,19,21H2,1-4H3,(H,35,40)/t23-/m1/s1. The quantitative estimate of drug-likeness (QED) is 0.412. The molecule has 1 atom stereocenters. The number of nitriles is 1. The molecule has 3 aromatic heterocycles. The number of ether oxygens (including phenoxy) is 1. The molecule has 0 aliphatic carbocycles. The number of nitrogens with zero attached hydrogens (tertiary/aromatic N) is 6. The van der Waals surface area contributed by atoms with E-state index in [1.807, 2.05) is 31.3 Å². The van der Waals surface area contributed by atoms with Gasteiger partial charge in [0.05, 0.1) is 35.5 Å². The third-order valence-electron chi connectivity index (χ3n) is 8.25. The molecule has 0 radical (unpaired) electrons. The molecule has 10 heteroatoms. The average Bonchev–Trinajstić information content (AvgIpc) is 3.39. The number of aromatic nitrogens is 3. The van der Waals surface area contributed by atoms with Crippen LogP contribution in [0.3, 0.4) is 0 Å². The topological polar surface area (TPSA) is 111 Å². The van der Waals surface area contributed by atoms with E-state index in [0.717, 1.165) is 74.6 Å². The Bertz CT molecular complexity index is 1390. The molecule has 2 saturated heterocycles. The number of carbonyl (C=O) groups is 1. The van der Waals surface area contributed by atoms with Crippen molar-refractivity contribution in [3.8, 4) is 22.9 Å². The summed E-state index contributed by atoms with van der Waals surface area (Å²) in [6, 6.07) is 8.70. The van der Waals surface area contributed by atoms with Gasteiger partial charge in [-0.15, -0.1) is 0 Å². The van der Waals surface area contributed by atoms with Crippen LogP contribution in [0.15, 0.2) is 36.8 Å². The monoisotopic (exact) mass is 558 g/mol. The molecular weight excluding hydrogens is 516 g/mol. The lowest BCUT2D eigenvalue weighted by atomic mass is 9.76. The van der Waals surface area contributed by atoms with Gasteiger partial charge in [-0.1, -0.05) is 13.8 Å². The Morgan fingerprint density at radius 1 is 1.27 bits per heavy atom. The van der Waals surface area contributed by atoms with Crippen molar-refractivity contribution < 1.29 is 9.53 Å². The number of rotatable bonds is 9. The van der Waals surface area contributed by atoms with Gasteiger partial charge in [0.15, 0.2) is 0 Å². The second-order valence-electron chi connectivity index (χ2n) is 11.9. The molecule has 0 bridgehead atoms. The van der Waals surface area contributed by atoms with E-state index < -0.39 is 5.41 Å². The number of fused-ring (bicyclic) bond motifs is 1. The summed E-state index contributed by atoms with van der Waals surface area (Å²) in [6.45, 7) is 14.9. The molecule has 1 amide bonds. The molecule has 2 aliphatic rings. The second-order valence-corrected chi connectivity index (χ2v) is 11.9. The lowest BCUT2D eigenvalue weighted by Gasteiger charge is -2.45. The predicted molar refractivity (Wildman–Crippen MR) is 160 cm³/mol. The number of hydrogen-bond donors (Lipinski definition) is 2. The molecule has 41 heavy (non-hydrogen) atoms. The van der Waals surface area contributed by atoms with Gasteiger partial charge in [0, 0.05) is 69.2 Å². The number of amides is 1. The van der Waals surface area contributed by atoms with Crippen LogP contribution in [0.25, 0.3) is 16.6 Å². The van der Waals surface area contributed by atoms with Crippen LogP contribution in [0.5, 0.6) is 5.75 Å². The summed E-state index contributed by atoms with van der Waals surface area (Å²) < 4.78 is 7.45. The minimum Gasteiger partial charge on any atom is -0.492 e. The maximum atomic E-state index is 13.6. The number of carbonyl (C=O) groups excluding carboxylic acids is 1. The van der Waals surface area contributed by atoms with Crippen LogP contribution in [0.2, 0.25) is 0 Å². The summed E-state index contributed by atoms with van der Waals surface area (Å²) >= 11 is 0. The molecule has 0 saturated carbocycles. The van der Waals surface area contributed by atoms with Crippen LogP contribution in [0.1, 0.15) is 46.1 Å². The summed E-state index contributed by atoms with van der Waals surface area (Å²) in [5, 5.41) is 20.8. The van der Waals surface area contributed by atoms with E-state index in [2.05, 4.69) is 52.4 Å². The Morgan fingerprint density at radius 3 is 2.73 bits per heavy atom. The van der Waals surface area contributed by atoms with Crippen LogP contribution < -0.4 is 20.3 Å². The minimum atomic E-state index is -0.399. The molecule has 0 unspecified atom stereocenters. The van der Waals surface area contributed by atoms with E-state index in [1.165, 1.54) is 0 Å². The Hall–Kier alpha value is -3.68. The molecule has 2 N–H and O–H groups in total. The highest BCUT2D eigenvalue weighted by Gasteiger charge is 2.43. The van der Waals surface area contributed by atoms with Gasteiger partial charge in [-0.2, -0.15) is 10.4 Å². The molecule has 0 spiro atoms. The number of pyridine rings is 2. The van der Waals surface area contributed by atoms with Gasteiger partial charge in [-0.3, -0.25) is 9.69 Å². The van der Waals surface area contributed by atoms with E-state index in [9.17, 15) is 10.1 Å². The first-order chi connectivity index (χ1) is 19.8. The number of anilines is 1. The maximum Gasteiger partial charge on any atom is 0.227 e. The highest BCUT2D eigenvalue weighted by Crippen LogP contribution is 2.36. The Morgan fingerprint density at radius 2 is 2.07 bits per heavy atom. The van der Waals surface area contributed by atoms with E-state index in [4.69, 9.17) is 9.72 Å². The predicted octanol–water partition coefficient (Wildman–Crippen LogP) is 3.32. The Balaban J connectivity index is 1.34. The fourth-order valence-electron chi connectivity index (χ4n) is 6.07. The molecule has 3 aromatic rings. The van der Waals surface area contributed by atoms with Gasteiger partial charge in [-0.05, 0) is 50.8 Å². The van der Waals surface area contributed by atoms with Gasteiger partial charge in [0.25, 0.3) is 0 Å². The largest absolute Gasteiger partial charge is 0.492 e. The van der Waals surface area contributed by atoms with Crippen LogP contribution >= 0.6 is 0 Å². The summed E-state index contributed by atoms with van der Waals surface area (Å²) in [6.07, 6.45) is 6.81. The van der Waals surface area contributed by atoms with Crippen LogP contribution in [0.4, 0.5) is 5.82 Å². The van der Waals surface area contributed by atoms with Crippen molar-refractivity contribution >= 4 is 17.2 Å². The van der Waals surface area contributed by atoms with Crippen molar-refractivity contribution in [1.29, 1.82) is 5.26 Å². The van der Waals surface area contributed by atoms with Crippen LogP contribution in [-0.2, 0) is 4.79 Å². The van der Waals surface area contributed by atoms with E-state index in [-0.39, 0.29) is 5.91 Å².